The van der Waals surface area contributed by atoms with Crippen LogP contribution in [0.4, 0.5) is 5.13 Å². The van der Waals surface area contributed by atoms with Crippen molar-refractivity contribution >= 4 is 33.7 Å². The molecule has 0 saturated carbocycles. The summed E-state index contributed by atoms with van der Waals surface area (Å²) in [5, 5.41) is 11.0. The molecule has 134 valence electrons. The molecule has 0 aliphatic carbocycles. The maximum atomic E-state index is 12.6. The maximum absolute atomic E-state index is 12.6. The van der Waals surface area contributed by atoms with Crippen LogP contribution in [0.25, 0.3) is 11.3 Å². The normalized spacial score (nSPS) is 15.1. The lowest BCUT2D eigenvalue weighted by atomic mass is 9.97. The molecule has 2 N–H and O–H groups in total. The minimum absolute atomic E-state index is 0.155. The van der Waals surface area contributed by atoms with Gasteiger partial charge in [0, 0.05) is 22.0 Å². The molecule has 3 aromatic heterocycles. The standard InChI is InChI=1S/C19H20N4OS2/c1-12-15(2-3-16(22-12)14-6-9-25-11-14)18(24)23-19-21-10-17(26-19)13-4-7-20-8-5-13/h2-3,6,9-11,13,20H,4-5,7-8H2,1H3,(H,21,23,24). The van der Waals surface area contributed by atoms with Crippen LogP contribution in [0.3, 0.4) is 0 Å². The highest BCUT2D eigenvalue weighted by Crippen LogP contribution is 2.32. The largest absolute Gasteiger partial charge is 0.317 e. The highest BCUT2D eigenvalue weighted by atomic mass is 32.1. The van der Waals surface area contributed by atoms with Crippen LogP contribution in [0.2, 0.25) is 0 Å². The van der Waals surface area contributed by atoms with E-state index in [9.17, 15) is 4.79 Å². The van der Waals surface area contributed by atoms with E-state index in [1.54, 1.807) is 22.7 Å². The number of hydrogen-bond acceptors (Lipinski definition) is 6. The zero-order chi connectivity index (χ0) is 17.9. The molecule has 1 aliphatic rings. The molecule has 4 heterocycles. The van der Waals surface area contributed by atoms with E-state index in [2.05, 4.69) is 26.0 Å². The fraction of sp³-hybridized carbons (Fsp3) is 0.316. The van der Waals surface area contributed by atoms with Crippen LogP contribution in [-0.2, 0) is 0 Å². The van der Waals surface area contributed by atoms with Crippen LogP contribution >= 0.6 is 22.7 Å². The minimum atomic E-state index is -0.155. The highest BCUT2D eigenvalue weighted by molar-refractivity contribution is 7.15. The fourth-order valence-corrected chi connectivity index (χ4v) is 4.81. The summed E-state index contributed by atoms with van der Waals surface area (Å²) in [5.41, 5.74) is 3.28. The number of thiophene rings is 1. The van der Waals surface area contributed by atoms with E-state index in [-0.39, 0.29) is 5.91 Å². The first-order valence-corrected chi connectivity index (χ1v) is 10.4. The molecule has 4 rings (SSSR count). The Morgan fingerprint density at radius 3 is 2.85 bits per heavy atom. The van der Waals surface area contributed by atoms with Gasteiger partial charge in [-0.25, -0.2) is 4.98 Å². The second-order valence-electron chi connectivity index (χ2n) is 6.39. The lowest BCUT2D eigenvalue weighted by molar-refractivity contribution is 0.102. The molecule has 3 aromatic rings. The van der Waals surface area contributed by atoms with Gasteiger partial charge in [-0.3, -0.25) is 15.1 Å². The third kappa shape index (κ3) is 3.70. The van der Waals surface area contributed by atoms with E-state index in [4.69, 9.17) is 0 Å². The number of carbonyl (C=O) groups excluding carboxylic acids is 1. The van der Waals surface area contributed by atoms with Crippen LogP contribution in [-0.4, -0.2) is 29.0 Å². The number of nitrogens with zero attached hydrogens (tertiary/aromatic N) is 2. The summed E-state index contributed by atoms with van der Waals surface area (Å²) < 4.78 is 0. The van der Waals surface area contributed by atoms with Gasteiger partial charge in [0.25, 0.3) is 5.91 Å². The lowest BCUT2D eigenvalue weighted by Gasteiger charge is -2.20. The maximum Gasteiger partial charge on any atom is 0.259 e. The number of pyridine rings is 1. The monoisotopic (exact) mass is 384 g/mol. The van der Waals surface area contributed by atoms with Gasteiger partial charge in [0.2, 0.25) is 0 Å². The van der Waals surface area contributed by atoms with Crippen LogP contribution in [0.5, 0.6) is 0 Å². The quantitative estimate of drug-likeness (QED) is 0.704. The predicted molar refractivity (Wildman–Crippen MR) is 107 cm³/mol. The number of nitrogens with one attached hydrogen (secondary N) is 2. The number of piperidine rings is 1. The third-order valence-corrected chi connectivity index (χ3v) is 6.39. The number of thiazole rings is 1. The van der Waals surface area contributed by atoms with Gasteiger partial charge >= 0.3 is 0 Å². The first-order chi connectivity index (χ1) is 12.7. The van der Waals surface area contributed by atoms with Gasteiger partial charge in [-0.1, -0.05) is 0 Å². The van der Waals surface area contributed by atoms with E-state index in [1.807, 2.05) is 36.7 Å². The van der Waals surface area contributed by atoms with Gasteiger partial charge in [0.05, 0.1) is 17.0 Å². The molecule has 1 saturated heterocycles. The Hall–Kier alpha value is -2.09. The van der Waals surface area contributed by atoms with Crippen molar-refractivity contribution in [2.75, 3.05) is 18.4 Å². The average Bonchev–Trinajstić information content (AvgIpc) is 3.34. The zero-order valence-electron chi connectivity index (χ0n) is 14.5. The van der Waals surface area contributed by atoms with Crippen molar-refractivity contribution in [1.82, 2.24) is 15.3 Å². The fourth-order valence-electron chi connectivity index (χ4n) is 3.18. The molecule has 26 heavy (non-hydrogen) atoms. The van der Waals surface area contributed by atoms with E-state index in [0.717, 1.165) is 42.9 Å². The van der Waals surface area contributed by atoms with Gasteiger partial charge in [0.1, 0.15) is 0 Å². The molecule has 0 aromatic carbocycles. The van der Waals surface area contributed by atoms with Crippen LogP contribution in [0, 0.1) is 6.92 Å². The molecular weight excluding hydrogens is 364 g/mol. The van der Waals surface area contributed by atoms with Crippen molar-refractivity contribution < 1.29 is 4.79 Å². The minimum Gasteiger partial charge on any atom is -0.317 e. The second-order valence-corrected chi connectivity index (χ2v) is 8.23. The number of aromatic nitrogens is 2. The molecule has 0 atom stereocenters. The van der Waals surface area contributed by atoms with Gasteiger partial charge in [-0.15, -0.1) is 11.3 Å². The Bertz CT molecular complexity index is 898. The van der Waals surface area contributed by atoms with Crippen LogP contribution in [0.15, 0.2) is 35.2 Å². The first-order valence-electron chi connectivity index (χ1n) is 8.69. The summed E-state index contributed by atoms with van der Waals surface area (Å²) >= 11 is 3.22. The van der Waals surface area contributed by atoms with Crippen LogP contribution < -0.4 is 10.6 Å². The lowest BCUT2D eigenvalue weighted by Crippen LogP contribution is -2.26. The third-order valence-electron chi connectivity index (χ3n) is 4.63. The van der Waals surface area contributed by atoms with Gasteiger partial charge in [0.15, 0.2) is 5.13 Å². The molecule has 0 unspecified atom stereocenters. The summed E-state index contributed by atoms with van der Waals surface area (Å²) in [5.74, 6) is 0.394. The molecular formula is C19H20N4OS2. The summed E-state index contributed by atoms with van der Waals surface area (Å²) in [6.07, 6.45) is 4.16. The number of hydrogen-bond donors (Lipinski definition) is 2. The summed E-state index contributed by atoms with van der Waals surface area (Å²) in [4.78, 5) is 22.9. The SMILES string of the molecule is Cc1nc(-c2ccsc2)ccc1C(=O)Nc1ncc(C2CCNCC2)s1. The van der Waals surface area contributed by atoms with Crippen molar-refractivity contribution in [3.8, 4) is 11.3 Å². The average molecular weight is 385 g/mol. The van der Waals surface area contributed by atoms with Crippen molar-refractivity contribution in [1.29, 1.82) is 0 Å². The van der Waals surface area contributed by atoms with Crippen molar-refractivity contribution in [3.05, 3.63) is 51.3 Å². The van der Waals surface area contributed by atoms with Crippen molar-refractivity contribution in [2.24, 2.45) is 0 Å². The summed E-state index contributed by atoms with van der Waals surface area (Å²) in [7, 11) is 0. The van der Waals surface area contributed by atoms with E-state index < -0.39 is 0 Å². The molecule has 1 fully saturated rings. The van der Waals surface area contributed by atoms with Gasteiger partial charge < -0.3 is 5.32 Å². The number of rotatable bonds is 4. The van der Waals surface area contributed by atoms with Crippen LogP contribution in [0.1, 0.15) is 39.7 Å². The van der Waals surface area contributed by atoms with Gasteiger partial charge in [-0.2, -0.15) is 11.3 Å². The second kappa shape index (κ2) is 7.65. The molecule has 5 nitrogen and oxygen atoms in total. The first kappa shape index (κ1) is 17.3. The Labute approximate surface area is 160 Å². The smallest absolute Gasteiger partial charge is 0.259 e. The Kier molecular flexibility index (Phi) is 5.10. The van der Waals surface area contributed by atoms with Gasteiger partial charge in [-0.05, 0) is 62.4 Å². The molecule has 0 radical (unpaired) electrons. The Balaban J connectivity index is 1.47. The summed E-state index contributed by atoms with van der Waals surface area (Å²) in [6.45, 7) is 3.96. The Morgan fingerprint density at radius 2 is 2.12 bits per heavy atom. The zero-order valence-corrected chi connectivity index (χ0v) is 16.1. The van der Waals surface area contributed by atoms with Crippen molar-refractivity contribution in [2.45, 2.75) is 25.7 Å². The molecule has 1 aliphatic heterocycles. The summed E-state index contributed by atoms with van der Waals surface area (Å²) in [6, 6.07) is 5.77. The Morgan fingerprint density at radius 1 is 1.27 bits per heavy atom. The van der Waals surface area contributed by atoms with E-state index >= 15 is 0 Å². The number of amides is 1. The number of carbonyl (C=O) groups is 1. The number of aryl methyl sites for hydroxylation is 1. The predicted octanol–water partition coefficient (Wildman–Crippen LogP) is 4.29. The molecule has 0 spiro atoms. The van der Waals surface area contributed by atoms with E-state index in [0.29, 0.717) is 16.6 Å². The topological polar surface area (TPSA) is 66.9 Å². The molecule has 0 bridgehead atoms. The van der Waals surface area contributed by atoms with Crippen molar-refractivity contribution in [3.63, 3.8) is 0 Å². The number of anilines is 1. The molecule has 1 amide bonds. The molecule has 7 heteroatoms. The van der Waals surface area contributed by atoms with E-state index in [1.165, 1.54) is 4.88 Å². The highest BCUT2D eigenvalue weighted by Gasteiger charge is 2.19.